The normalized spacial score (nSPS) is 19.4. The second-order valence-electron chi connectivity index (χ2n) is 4.86. The van der Waals surface area contributed by atoms with Crippen LogP contribution in [0.5, 0.6) is 0 Å². The number of amides is 1. The average Bonchev–Trinajstić information content (AvgIpc) is 2.90. The predicted molar refractivity (Wildman–Crippen MR) is 73.1 cm³/mol. The van der Waals surface area contributed by atoms with Gasteiger partial charge in [-0.3, -0.25) is 9.48 Å². The van der Waals surface area contributed by atoms with Crippen molar-refractivity contribution in [2.24, 2.45) is 0 Å². The first-order valence-electron chi connectivity index (χ1n) is 6.68. The van der Waals surface area contributed by atoms with Gasteiger partial charge in [-0.05, 0) is 6.07 Å². The van der Waals surface area contributed by atoms with Crippen molar-refractivity contribution in [2.45, 2.75) is 12.6 Å². The fourth-order valence-electron chi connectivity index (χ4n) is 2.51. The first kappa shape index (κ1) is 13.1. The van der Waals surface area contributed by atoms with E-state index in [0.717, 1.165) is 10.9 Å². The number of aliphatic hydroxyl groups is 1. The van der Waals surface area contributed by atoms with Crippen molar-refractivity contribution >= 4 is 16.8 Å². The van der Waals surface area contributed by atoms with E-state index in [2.05, 4.69) is 5.10 Å². The van der Waals surface area contributed by atoms with Gasteiger partial charge in [0.1, 0.15) is 6.54 Å². The molecule has 3 rings (SSSR count). The summed E-state index contributed by atoms with van der Waals surface area (Å²) in [6.07, 6.45) is 1.76. The van der Waals surface area contributed by atoms with Gasteiger partial charge in [0.25, 0.3) is 0 Å². The minimum Gasteiger partial charge on any atom is -0.394 e. The minimum atomic E-state index is -0.252. The number of fused-ring (bicyclic) bond motifs is 1. The first-order chi connectivity index (χ1) is 9.79. The molecule has 1 unspecified atom stereocenters. The number of benzene rings is 1. The van der Waals surface area contributed by atoms with Crippen LogP contribution in [0.2, 0.25) is 0 Å². The molecule has 1 atom stereocenters. The van der Waals surface area contributed by atoms with Crippen LogP contribution in [0, 0.1) is 0 Å². The Morgan fingerprint density at radius 3 is 3.15 bits per heavy atom. The van der Waals surface area contributed by atoms with Gasteiger partial charge in [-0.15, -0.1) is 0 Å². The molecule has 20 heavy (non-hydrogen) atoms. The number of para-hydroxylation sites is 1. The van der Waals surface area contributed by atoms with E-state index >= 15 is 0 Å². The Labute approximate surface area is 116 Å². The molecule has 0 radical (unpaired) electrons. The zero-order valence-corrected chi connectivity index (χ0v) is 11.1. The number of carbonyl (C=O) groups is 1. The molecule has 0 saturated carbocycles. The summed E-state index contributed by atoms with van der Waals surface area (Å²) in [7, 11) is 0. The van der Waals surface area contributed by atoms with E-state index in [1.807, 2.05) is 24.3 Å². The quantitative estimate of drug-likeness (QED) is 0.872. The molecule has 106 valence electrons. The monoisotopic (exact) mass is 275 g/mol. The fraction of sp³-hybridized carbons (Fsp3) is 0.429. The Bertz CT molecular complexity index is 610. The summed E-state index contributed by atoms with van der Waals surface area (Å²) in [5.74, 6) is -0.0406. The Kier molecular flexibility index (Phi) is 3.66. The summed E-state index contributed by atoms with van der Waals surface area (Å²) >= 11 is 0. The van der Waals surface area contributed by atoms with Crippen LogP contribution >= 0.6 is 0 Å². The second kappa shape index (κ2) is 5.60. The standard InChI is InChI=1S/C14H17N3O3/c18-9-12-10-20-6-5-16(12)14(19)8-17-13-4-2-1-3-11(13)7-15-17/h1-4,7,12,18H,5-6,8-10H2. The van der Waals surface area contributed by atoms with Crippen LogP contribution in [0.4, 0.5) is 0 Å². The Balaban J connectivity index is 1.78. The maximum Gasteiger partial charge on any atom is 0.244 e. The molecule has 6 nitrogen and oxygen atoms in total. The summed E-state index contributed by atoms with van der Waals surface area (Å²) in [5.41, 5.74) is 0.939. The number of nitrogens with zero attached hydrogens (tertiary/aromatic N) is 3. The van der Waals surface area contributed by atoms with Crippen LogP contribution in [-0.4, -0.2) is 58.1 Å². The van der Waals surface area contributed by atoms with Crippen molar-refractivity contribution in [2.75, 3.05) is 26.4 Å². The molecule has 1 saturated heterocycles. The van der Waals surface area contributed by atoms with Crippen molar-refractivity contribution in [3.63, 3.8) is 0 Å². The molecular formula is C14H17N3O3. The van der Waals surface area contributed by atoms with Gasteiger partial charge < -0.3 is 14.7 Å². The number of hydrogen-bond donors (Lipinski definition) is 1. The predicted octanol–water partition coefficient (Wildman–Crippen LogP) is 0.256. The molecule has 1 N–H and O–H groups in total. The lowest BCUT2D eigenvalue weighted by atomic mass is 10.2. The maximum absolute atomic E-state index is 12.4. The Morgan fingerprint density at radius 2 is 2.30 bits per heavy atom. The smallest absolute Gasteiger partial charge is 0.244 e. The van der Waals surface area contributed by atoms with Gasteiger partial charge in [-0.1, -0.05) is 18.2 Å². The van der Waals surface area contributed by atoms with Crippen LogP contribution in [0.15, 0.2) is 30.5 Å². The number of morpholine rings is 1. The summed E-state index contributed by atoms with van der Waals surface area (Å²) in [6, 6.07) is 7.53. The third-order valence-corrected chi connectivity index (χ3v) is 3.59. The van der Waals surface area contributed by atoms with Gasteiger partial charge in [0.05, 0.1) is 37.6 Å². The molecule has 2 aromatic rings. The molecule has 6 heteroatoms. The van der Waals surface area contributed by atoms with Crippen molar-refractivity contribution < 1.29 is 14.6 Å². The van der Waals surface area contributed by atoms with E-state index in [1.54, 1.807) is 15.8 Å². The molecule has 1 aliphatic rings. The fourth-order valence-corrected chi connectivity index (χ4v) is 2.51. The number of ether oxygens (including phenoxy) is 1. The van der Waals surface area contributed by atoms with Gasteiger partial charge >= 0.3 is 0 Å². The number of hydrogen-bond acceptors (Lipinski definition) is 4. The maximum atomic E-state index is 12.4. The molecule has 1 amide bonds. The van der Waals surface area contributed by atoms with Gasteiger partial charge in [0.15, 0.2) is 0 Å². The third kappa shape index (κ3) is 2.39. The number of carbonyl (C=O) groups excluding carboxylic acids is 1. The molecule has 1 aromatic carbocycles. The van der Waals surface area contributed by atoms with E-state index < -0.39 is 0 Å². The van der Waals surface area contributed by atoms with Crippen molar-refractivity contribution in [3.8, 4) is 0 Å². The second-order valence-corrected chi connectivity index (χ2v) is 4.86. The minimum absolute atomic E-state index is 0.0406. The van der Waals surface area contributed by atoms with Crippen molar-refractivity contribution in [1.82, 2.24) is 14.7 Å². The highest BCUT2D eigenvalue weighted by molar-refractivity contribution is 5.82. The molecule has 0 bridgehead atoms. The molecule has 1 aromatic heterocycles. The molecular weight excluding hydrogens is 258 g/mol. The topological polar surface area (TPSA) is 67.6 Å². The average molecular weight is 275 g/mol. The zero-order valence-electron chi connectivity index (χ0n) is 11.1. The van der Waals surface area contributed by atoms with Crippen LogP contribution in [0.3, 0.4) is 0 Å². The summed E-state index contributed by atoms with van der Waals surface area (Å²) < 4.78 is 6.98. The van der Waals surface area contributed by atoms with Gasteiger partial charge in [0.2, 0.25) is 5.91 Å². The first-order valence-corrected chi connectivity index (χ1v) is 6.68. The van der Waals surface area contributed by atoms with Gasteiger partial charge in [-0.2, -0.15) is 5.10 Å². The van der Waals surface area contributed by atoms with E-state index in [0.29, 0.717) is 19.8 Å². The van der Waals surface area contributed by atoms with E-state index in [1.165, 1.54) is 0 Å². The molecule has 2 heterocycles. The zero-order chi connectivity index (χ0) is 13.9. The van der Waals surface area contributed by atoms with Crippen LogP contribution in [0.1, 0.15) is 0 Å². The lowest BCUT2D eigenvalue weighted by molar-refractivity contribution is -0.142. The van der Waals surface area contributed by atoms with Crippen LogP contribution in [0.25, 0.3) is 10.9 Å². The highest BCUT2D eigenvalue weighted by atomic mass is 16.5. The highest BCUT2D eigenvalue weighted by Crippen LogP contribution is 2.14. The highest BCUT2D eigenvalue weighted by Gasteiger charge is 2.27. The third-order valence-electron chi connectivity index (χ3n) is 3.59. The van der Waals surface area contributed by atoms with Crippen molar-refractivity contribution in [1.29, 1.82) is 0 Å². The summed E-state index contributed by atoms with van der Waals surface area (Å²) in [5, 5.41) is 14.6. The van der Waals surface area contributed by atoms with E-state index in [4.69, 9.17) is 4.74 Å². The van der Waals surface area contributed by atoms with Crippen LogP contribution < -0.4 is 0 Å². The number of aromatic nitrogens is 2. The van der Waals surface area contributed by atoms with E-state index in [-0.39, 0.29) is 25.1 Å². The molecule has 0 spiro atoms. The molecule has 1 aliphatic heterocycles. The van der Waals surface area contributed by atoms with Crippen LogP contribution in [-0.2, 0) is 16.1 Å². The lowest BCUT2D eigenvalue weighted by Gasteiger charge is -2.34. The molecule has 0 aliphatic carbocycles. The largest absolute Gasteiger partial charge is 0.394 e. The SMILES string of the molecule is O=C(Cn1ncc2ccccc21)N1CCOCC1CO. The number of rotatable bonds is 3. The molecule has 1 fully saturated rings. The van der Waals surface area contributed by atoms with Gasteiger partial charge in [0, 0.05) is 11.9 Å². The number of aliphatic hydroxyl groups excluding tert-OH is 1. The lowest BCUT2D eigenvalue weighted by Crippen LogP contribution is -2.51. The Morgan fingerprint density at radius 1 is 1.45 bits per heavy atom. The van der Waals surface area contributed by atoms with Gasteiger partial charge in [-0.25, -0.2) is 0 Å². The Hall–Kier alpha value is -1.92. The summed E-state index contributed by atoms with van der Waals surface area (Å²) in [6.45, 7) is 1.53. The van der Waals surface area contributed by atoms with E-state index in [9.17, 15) is 9.90 Å². The van der Waals surface area contributed by atoms with Crippen molar-refractivity contribution in [3.05, 3.63) is 30.5 Å². The summed E-state index contributed by atoms with van der Waals surface area (Å²) in [4.78, 5) is 14.1.